The summed E-state index contributed by atoms with van der Waals surface area (Å²) in [6.45, 7) is 12.5. The highest BCUT2D eigenvalue weighted by Gasteiger charge is 2.43. The topological polar surface area (TPSA) is 94.1 Å². The zero-order valence-electron chi connectivity index (χ0n) is 34.1. The minimum Gasteiger partial charge on any atom is -0.439 e. The van der Waals surface area contributed by atoms with Crippen LogP contribution in [0.2, 0.25) is 5.15 Å². The Bertz CT molecular complexity index is 2210. The molecule has 0 spiro atoms. The fourth-order valence-corrected chi connectivity index (χ4v) is 8.06. The van der Waals surface area contributed by atoms with Crippen LogP contribution in [-0.4, -0.2) is 57.3 Å². The van der Waals surface area contributed by atoms with Gasteiger partial charge in [0.05, 0.1) is 36.3 Å². The number of ether oxygens (including phenoxy) is 3. The molecule has 2 amide bonds. The average Bonchev–Trinajstić information content (AvgIpc) is 3.62. The van der Waals surface area contributed by atoms with Crippen LogP contribution < -0.4 is 0 Å². The summed E-state index contributed by atoms with van der Waals surface area (Å²) in [6, 6.07) is 10.5. The van der Waals surface area contributed by atoms with Crippen LogP contribution in [0.15, 0.2) is 60.9 Å². The molecule has 0 radical (unpaired) electrons. The van der Waals surface area contributed by atoms with E-state index in [4.69, 9.17) is 25.8 Å². The van der Waals surface area contributed by atoms with E-state index in [1.54, 1.807) is 44.0 Å². The maximum absolute atomic E-state index is 13.3. The lowest BCUT2D eigenvalue weighted by Crippen LogP contribution is -2.32. The molecule has 0 unspecified atom stereocenters. The average molecular weight is 861 g/mol. The molecule has 322 valence electrons. The molecule has 0 aliphatic carbocycles. The first-order chi connectivity index (χ1) is 28.2. The van der Waals surface area contributed by atoms with E-state index in [1.807, 2.05) is 39.1 Å². The van der Waals surface area contributed by atoms with Crippen LogP contribution in [0.25, 0.3) is 0 Å². The molecule has 7 rings (SSSR count). The Labute approximate surface area is 350 Å². The standard InChI is InChI=1S/C25H29F3N2O3.C19H18ClF3N2O2/c1-15-8-19(12-21(10-15)25(26,27)28)23-17(3)30(24(31)33-23)14-20-9-16(2)13-29-22(20)11-18-4-6-32-7-5-18;1-10-4-13(7-15(6-10)19(21,22)23)16-12(3)25(18(26)27-16)9-14-5-11(2)8-24-17(14)20/h8-10,12-13,17-18,23H,4-7,11,14H2,1-3H3;4-8,12,16H,9H2,1-3H3/t17-,23-;12-,16-/m00/s1. The molecule has 2 aromatic carbocycles. The number of amides is 2. The normalized spacial score (nSPS) is 21.1. The van der Waals surface area contributed by atoms with E-state index in [0.29, 0.717) is 40.3 Å². The Balaban J connectivity index is 0.000000205. The zero-order valence-corrected chi connectivity index (χ0v) is 34.8. The van der Waals surface area contributed by atoms with Gasteiger partial charge < -0.3 is 14.2 Å². The molecule has 16 heteroatoms. The predicted octanol–water partition coefficient (Wildman–Crippen LogP) is 11.2. The number of pyridine rings is 2. The zero-order chi connectivity index (χ0) is 43.7. The van der Waals surface area contributed by atoms with E-state index >= 15 is 0 Å². The number of benzene rings is 2. The SMILES string of the molecule is Cc1cc([C@H]2OC(=O)N(Cc3cc(C)cnc3CC3CCOCC3)[C@H]2C)cc(C(F)(F)F)c1.Cc1cc([C@H]2OC(=O)N(Cc3cc(C)cnc3Cl)[C@H]2C)cc(C(F)(F)F)c1. The summed E-state index contributed by atoms with van der Waals surface area (Å²) in [5.74, 6) is 0.483. The van der Waals surface area contributed by atoms with Gasteiger partial charge >= 0.3 is 24.5 Å². The van der Waals surface area contributed by atoms with Crippen molar-refractivity contribution in [3.63, 3.8) is 0 Å². The second-order valence-electron chi connectivity index (χ2n) is 15.9. The lowest BCUT2D eigenvalue weighted by molar-refractivity contribution is -0.138. The molecule has 3 saturated heterocycles. The summed E-state index contributed by atoms with van der Waals surface area (Å²) in [6.07, 6.45) is -5.39. The van der Waals surface area contributed by atoms with Gasteiger partial charge in [0.15, 0.2) is 0 Å². The number of hydrogen-bond donors (Lipinski definition) is 0. The molecule has 5 heterocycles. The number of hydrogen-bond acceptors (Lipinski definition) is 7. The molecule has 0 saturated carbocycles. The first kappa shape index (κ1) is 44.7. The Morgan fingerprint density at radius 3 is 1.58 bits per heavy atom. The van der Waals surface area contributed by atoms with Crippen molar-refractivity contribution in [2.75, 3.05) is 13.2 Å². The number of aromatic nitrogens is 2. The molecular weight excluding hydrogens is 814 g/mol. The maximum atomic E-state index is 13.3. The summed E-state index contributed by atoms with van der Waals surface area (Å²) in [5.41, 5.74) is 4.54. The van der Waals surface area contributed by atoms with Gasteiger partial charge in [-0.3, -0.25) is 14.8 Å². The van der Waals surface area contributed by atoms with Crippen LogP contribution in [-0.2, 0) is 46.1 Å². The van der Waals surface area contributed by atoms with E-state index in [-0.39, 0.29) is 11.7 Å². The van der Waals surface area contributed by atoms with Crippen molar-refractivity contribution in [1.82, 2.24) is 19.8 Å². The fourth-order valence-electron chi connectivity index (χ4n) is 7.89. The fraction of sp³-hybridized carbons (Fsp3) is 0.455. The van der Waals surface area contributed by atoms with Crippen molar-refractivity contribution in [3.05, 3.63) is 127 Å². The maximum Gasteiger partial charge on any atom is 0.416 e. The van der Waals surface area contributed by atoms with Crippen LogP contribution in [0, 0.1) is 33.6 Å². The first-order valence-electron chi connectivity index (χ1n) is 19.6. The van der Waals surface area contributed by atoms with E-state index < -0.39 is 60.0 Å². The molecule has 3 fully saturated rings. The third-order valence-corrected chi connectivity index (χ3v) is 11.4. The number of aryl methyl sites for hydroxylation is 4. The lowest BCUT2D eigenvalue weighted by atomic mass is 9.92. The Morgan fingerprint density at radius 1 is 0.650 bits per heavy atom. The van der Waals surface area contributed by atoms with Crippen LogP contribution >= 0.6 is 11.6 Å². The highest BCUT2D eigenvalue weighted by Crippen LogP contribution is 2.40. The number of rotatable bonds is 8. The van der Waals surface area contributed by atoms with Crippen molar-refractivity contribution < 1.29 is 50.1 Å². The predicted molar refractivity (Wildman–Crippen MR) is 211 cm³/mol. The van der Waals surface area contributed by atoms with Crippen LogP contribution in [0.3, 0.4) is 0 Å². The largest absolute Gasteiger partial charge is 0.439 e. The van der Waals surface area contributed by atoms with Gasteiger partial charge in [-0.2, -0.15) is 26.3 Å². The van der Waals surface area contributed by atoms with Crippen LogP contribution in [0.1, 0.15) is 100 Å². The number of carbonyl (C=O) groups excluding carboxylic acids is 2. The van der Waals surface area contributed by atoms with Gasteiger partial charge in [-0.05, 0) is 125 Å². The molecule has 9 nitrogen and oxygen atoms in total. The molecule has 3 aliphatic heterocycles. The monoisotopic (exact) mass is 860 g/mol. The molecule has 3 aliphatic rings. The number of carbonyl (C=O) groups is 2. The Morgan fingerprint density at radius 2 is 1.10 bits per heavy atom. The molecule has 2 aromatic heterocycles. The van der Waals surface area contributed by atoms with E-state index in [9.17, 15) is 35.9 Å². The number of alkyl halides is 6. The van der Waals surface area contributed by atoms with Crippen molar-refractivity contribution in [2.24, 2.45) is 5.92 Å². The van der Waals surface area contributed by atoms with E-state index in [1.165, 1.54) is 4.90 Å². The van der Waals surface area contributed by atoms with Crippen molar-refractivity contribution >= 4 is 23.8 Å². The van der Waals surface area contributed by atoms with Gasteiger partial charge in [-0.15, -0.1) is 0 Å². The third kappa shape index (κ3) is 10.5. The second kappa shape index (κ2) is 18.0. The highest BCUT2D eigenvalue weighted by molar-refractivity contribution is 6.30. The van der Waals surface area contributed by atoms with Gasteiger partial charge in [0.1, 0.15) is 17.4 Å². The smallest absolute Gasteiger partial charge is 0.416 e. The van der Waals surface area contributed by atoms with Crippen molar-refractivity contribution in [3.8, 4) is 0 Å². The highest BCUT2D eigenvalue weighted by atomic mass is 35.5. The molecule has 60 heavy (non-hydrogen) atoms. The van der Waals surface area contributed by atoms with Gasteiger partial charge in [0.2, 0.25) is 0 Å². The van der Waals surface area contributed by atoms with Gasteiger partial charge in [0, 0.05) is 36.9 Å². The molecular formula is C44H47ClF6N4O5. The molecule has 4 aromatic rings. The summed E-state index contributed by atoms with van der Waals surface area (Å²) in [4.78, 5) is 36.9. The Hall–Kier alpha value is -4.89. The Kier molecular flexibility index (Phi) is 13.4. The van der Waals surface area contributed by atoms with Gasteiger partial charge in [-0.25, -0.2) is 14.6 Å². The van der Waals surface area contributed by atoms with Gasteiger partial charge in [0.25, 0.3) is 0 Å². The minimum atomic E-state index is -4.47. The summed E-state index contributed by atoms with van der Waals surface area (Å²) >= 11 is 6.10. The third-order valence-electron chi connectivity index (χ3n) is 11.0. The van der Waals surface area contributed by atoms with Crippen molar-refractivity contribution in [2.45, 2.75) is 111 Å². The lowest BCUT2D eigenvalue weighted by Gasteiger charge is -2.25. The quantitative estimate of drug-likeness (QED) is 0.129. The van der Waals surface area contributed by atoms with Crippen molar-refractivity contribution in [1.29, 1.82) is 0 Å². The van der Waals surface area contributed by atoms with E-state index in [2.05, 4.69) is 9.97 Å². The van der Waals surface area contributed by atoms with Crippen LogP contribution in [0.4, 0.5) is 35.9 Å². The van der Waals surface area contributed by atoms with E-state index in [0.717, 1.165) is 79.1 Å². The summed E-state index contributed by atoms with van der Waals surface area (Å²) < 4.78 is 95.7. The van der Waals surface area contributed by atoms with Crippen LogP contribution in [0.5, 0.6) is 0 Å². The number of halogens is 7. The van der Waals surface area contributed by atoms with Gasteiger partial charge in [-0.1, -0.05) is 40.9 Å². The first-order valence-corrected chi connectivity index (χ1v) is 20.0. The second-order valence-corrected chi connectivity index (χ2v) is 16.3. The minimum absolute atomic E-state index is 0.169. The summed E-state index contributed by atoms with van der Waals surface area (Å²) in [5, 5.41) is 0.277. The molecule has 0 bridgehead atoms. The number of nitrogens with zero attached hydrogens (tertiary/aromatic N) is 4. The molecule has 4 atom stereocenters. The molecule has 0 N–H and O–H groups in total. The summed E-state index contributed by atoms with van der Waals surface area (Å²) in [7, 11) is 0. The number of cyclic esters (lactones) is 2.